The fourth-order valence-corrected chi connectivity index (χ4v) is 4.10. The molecule has 3 nitrogen and oxygen atoms in total. The molecule has 1 saturated carbocycles. The third-order valence-electron chi connectivity index (χ3n) is 3.91. The molecule has 0 bridgehead atoms. The lowest BCUT2D eigenvalue weighted by atomic mass is 9.93. The van der Waals surface area contributed by atoms with Crippen LogP contribution in [0.1, 0.15) is 45.4 Å². The minimum atomic E-state index is 0.0953. The van der Waals surface area contributed by atoms with Crippen molar-refractivity contribution in [2.75, 3.05) is 19.0 Å². The Morgan fingerprint density at radius 3 is 2.94 bits per heavy atom. The van der Waals surface area contributed by atoms with E-state index in [1.165, 1.54) is 18.6 Å². The number of hydrogen-bond acceptors (Lipinski definition) is 3. The van der Waals surface area contributed by atoms with Gasteiger partial charge in [0.25, 0.3) is 0 Å². The van der Waals surface area contributed by atoms with Crippen LogP contribution in [0.2, 0.25) is 0 Å². The summed E-state index contributed by atoms with van der Waals surface area (Å²) in [6, 6.07) is 0.400. The van der Waals surface area contributed by atoms with E-state index in [2.05, 4.69) is 12.2 Å². The summed E-state index contributed by atoms with van der Waals surface area (Å²) in [5.74, 6) is 1.50. The van der Waals surface area contributed by atoms with E-state index in [1.54, 1.807) is 0 Å². The van der Waals surface area contributed by atoms with Gasteiger partial charge in [-0.05, 0) is 37.9 Å². The molecule has 1 saturated heterocycles. The van der Waals surface area contributed by atoms with Crippen LogP contribution in [0, 0.1) is 5.92 Å². The number of carbonyl (C=O) groups is 1. The molecule has 1 N–H and O–H groups in total. The average Bonchev–Trinajstić information content (AvgIpc) is 2.40. The molecule has 18 heavy (non-hydrogen) atoms. The van der Waals surface area contributed by atoms with Crippen LogP contribution in [0.25, 0.3) is 0 Å². The van der Waals surface area contributed by atoms with E-state index in [0.717, 1.165) is 37.5 Å². The van der Waals surface area contributed by atoms with Crippen molar-refractivity contribution < 1.29 is 9.53 Å². The molecule has 1 amide bonds. The van der Waals surface area contributed by atoms with Crippen LogP contribution in [0.5, 0.6) is 0 Å². The quantitative estimate of drug-likeness (QED) is 0.854. The maximum atomic E-state index is 12.1. The summed E-state index contributed by atoms with van der Waals surface area (Å²) in [7, 11) is 0. The van der Waals surface area contributed by atoms with Gasteiger partial charge in [0.1, 0.15) is 0 Å². The van der Waals surface area contributed by atoms with Gasteiger partial charge >= 0.3 is 0 Å². The summed E-state index contributed by atoms with van der Waals surface area (Å²) in [6.07, 6.45) is 6.89. The summed E-state index contributed by atoms with van der Waals surface area (Å²) < 4.78 is 5.39. The van der Waals surface area contributed by atoms with Gasteiger partial charge in [0, 0.05) is 17.9 Å². The second-order valence-corrected chi connectivity index (χ2v) is 6.94. The summed E-state index contributed by atoms with van der Waals surface area (Å²) in [5.41, 5.74) is 0. The van der Waals surface area contributed by atoms with Gasteiger partial charge in [0.05, 0.1) is 12.5 Å². The van der Waals surface area contributed by atoms with Crippen molar-refractivity contribution >= 4 is 17.7 Å². The van der Waals surface area contributed by atoms with Crippen LogP contribution >= 0.6 is 11.8 Å². The highest BCUT2D eigenvalue weighted by molar-refractivity contribution is 7.99. The van der Waals surface area contributed by atoms with Crippen LogP contribution in [-0.4, -0.2) is 36.2 Å². The zero-order valence-electron chi connectivity index (χ0n) is 11.3. The Morgan fingerprint density at radius 2 is 2.22 bits per heavy atom. The topological polar surface area (TPSA) is 38.3 Å². The summed E-state index contributed by atoms with van der Waals surface area (Å²) in [4.78, 5) is 12.1. The molecular weight excluding hydrogens is 246 g/mol. The van der Waals surface area contributed by atoms with Crippen LogP contribution < -0.4 is 5.32 Å². The van der Waals surface area contributed by atoms with Gasteiger partial charge in [-0.3, -0.25) is 4.79 Å². The summed E-state index contributed by atoms with van der Waals surface area (Å²) in [5, 5.41) is 3.99. The van der Waals surface area contributed by atoms with Gasteiger partial charge in [0.15, 0.2) is 0 Å². The van der Waals surface area contributed by atoms with Crippen LogP contribution in [0.4, 0.5) is 0 Å². The van der Waals surface area contributed by atoms with E-state index in [1.807, 2.05) is 11.8 Å². The van der Waals surface area contributed by atoms with Crippen molar-refractivity contribution in [2.24, 2.45) is 5.92 Å². The molecular formula is C14H25NO2S. The Morgan fingerprint density at radius 1 is 1.33 bits per heavy atom. The van der Waals surface area contributed by atoms with Crippen LogP contribution in [0.15, 0.2) is 0 Å². The number of nitrogens with one attached hydrogen (secondary N) is 1. The Balaban J connectivity index is 1.75. The molecule has 104 valence electrons. The fraction of sp³-hybridized carbons (Fsp3) is 0.929. The van der Waals surface area contributed by atoms with E-state index < -0.39 is 0 Å². The van der Waals surface area contributed by atoms with Gasteiger partial charge in [-0.15, -0.1) is 0 Å². The van der Waals surface area contributed by atoms with E-state index in [0.29, 0.717) is 12.6 Å². The van der Waals surface area contributed by atoms with Gasteiger partial charge in [-0.1, -0.05) is 13.3 Å². The highest BCUT2D eigenvalue weighted by atomic mass is 32.2. The zero-order chi connectivity index (χ0) is 12.8. The molecule has 0 aromatic heterocycles. The Bertz CT molecular complexity index is 265. The second-order valence-electron chi connectivity index (χ2n) is 5.36. The minimum absolute atomic E-state index is 0.0953. The molecule has 2 rings (SSSR count). The molecule has 2 fully saturated rings. The third kappa shape index (κ3) is 4.16. The first-order valence-electron chi connectivity index (χ1n) is 7.29. The van der Waals surface area contributed by atoms with Gasteiger partial charge < -0.3 is 10.1 Å². The normalized spacial score (nSPS) is 33.1. The van der Waals surface area contributed by atoms with Crippen molar-refractivity contribution in [3.8, 4) is 0 Å². The lowest BCUT2D eigenvalue weighted by molar-refractivity contribution is -0.129. The third-order valence-corrected chi connectivity index (χ3v) is 5.14. The SMILES string of the molecule is CCS[C@@H]1CCC[C@@H](NC(=O)[C@H]2CCCOC2)C1. The van der Waals surface area contributed by atoms with Crippen molar-refractivity contribution in [2.45, 2.75) is 56.7 Å². The standard InChI is InChI=1S/C14H25NO2S/c1-2-18-13-7-3-6-12(9-13)15-14(16)11-5-4-8-17-10-11/h11-13H,2-10H2,1H3,(H,15,16)/t11-,12+,13+/m0/s1. The molecule has 0 unspecified atom stereocenters. The molecule has 3 atom stereocenters. The maximum absolute atomic E-state index is 12.1. The van der Waals surface area contributed by atoms with E-state index >= 15 is 0 Å². The van der Waals surface area contributed by atoms with Gasteiger partial charge in [-0.2, -0.15) is 11.8 Å². The molecule has 1 heterocycles. The summed E-state index contributed by atoms with van der Waals surface area (Å²) >= 11 is 2.04. The van der Waals surface area contributed by atoms with E-state index in [4.69, 9.17) is 4.74 Å². The maximum Gasteiger partial charge on any atom is 0.225 e. The second kappa shape index (κ2) is 7.39. The van der Waals surface area contributed by atoms with Crippen molar-refractivity contribution in [1.29, 1.82) is 0 Å². The highest BCUT2D eigenvalue weighted by Crippen LogP contribution is 2.28. The Kier molecular flexibility index (Phi) is 5.83. The number of carbonyl (C=O) groups excluding carboxylic acids is 1. The number of ether oxygens (including phenoxy) is 1. The number of amides is 1. The largest absolute Gasteiger partial charge is 0.381 e. The Hall–Kier alpha value is -0.220. The van der Waals surface area contributed by atoms with Gasteiger partial charge in [-0.25, -0.2) is 0 Å². The zero-order valence-corrected chi connectivity index (χ0v) is 12.1. The molecule has 0 spiro atoms. The van der Waals surface area contributed by atoms with Gasteiger partial charge in [0.2, 0.25) is 5.91 Å². The first kappa shape index (κ1) is 14.2. The molecule has 0 aromatic carbocycles. The summed E-state index contributed by atoms with van der Waals surface area (Å²) in [6.45, 7) is 3.65. The number of rotatable bonds is 4. The lowest BCUT2D eigenvalue weighted by Crippen LogP contribution is -2.44. The first-order chi connectivity index (χ1) is 8.79. The molecule has 1 aliphatic heterocycles. The predicted octanol–water partition coefficient (Wildman–Crippen LogP) is 2.59. The van der Waals surface area contributed by atoms with Crippen molar-refractivity contribution in [1.82, 2.24) is 5.32 Å². The molecule has 1 aliphatic carbocycles. The predicted molar refractivity (Wildman–Crippen MR) is 75.9 cm³/mol. The molecule has 4 heteroatoms. The fourth-order valence-electron chi connectivity index (χ4n) is 2.93. The Labute approximate surface area is 114 Å². The first-order valence-corrected chi connectivity index (χ1v) is 8.34. The molecule has 0 aromatic rings. The number of thioether (sulfide) groups is 1. The van der Waals surface area contributed by atoms with E-state index in [9.17, 15) is 4.79 Å². The monoisotopic (exact) mass is 271 g/mol. The minimum Gasteiger partial charge on any atom is -0.381 e. The van der Waals surface area contributed by atoms with Crippen molar-refractivity contribution in [3.63, 3.8) is 0 Å². The van der Waals surface area contributed by atoms with Crippen LogP contribution in [-0.2, 0) is 9.53 Å². The lowest BCUT2D eigenvalue weighted by Gasteiger charge is -2.31. The molecule has 2 aliphatic rings. The van der Waals surface area contributed by atoms with Crippen LogP contribution in [0.3, 0.4) is 0 Å². The van der Waals surface area contributed by atoms with Crippen molar-refractivity contribution in [3.05, 3.63) is 0 Å². The smallest absolute Gasteiger partial charge is 0.225 e. The van der Waals surface area contributed by atoms with E-state index in [-0.39, 0.29) is 11.8 Å². The highest BCUT2D eigenvalue weighted by Gasteiger charge is 2.27. The number of hydrogen-bond donors (Lipinski definition) is 1. The average molecular weight is 271 g/mol. The molecule has 0 radical (unpaired) electrons.